The Bertz CT molecular complexity index is 474. The molecule has 0 fully saturated rings. The number of nitrogens with zero attached hydrogens (tertiary/aromatic N) is 1. The van der Waals surface area contributed by atoms with Crippen LogP contribution in [0.5, 0.6) is 0 Å². The maximum atomic E-state index is 13.4. The first kappa shape index (κ1) is 14.0. The normalized spacial score (nSPS) is 11.8. The zero-order valence-electron chi connectivity index (χ0n) is 10.5. The summed E-state index contributed by atoms with van der Waals surface area (Å²) in [6, 6.07) is 2.98. The summed E-state index contributed by atoms with van der Waals surface area (Å²) in [5.41, 5.74) is 5.59. The van der Waals surface area contributed by atoms with Crippen LogP contribution in [0.3, 0.4) is 0 Å². The molecule has 1 atom stereocenters. The van der Waals surface area contributed by atoms with Crippen molar-refractivity contribution in [2.24, 2.45) is 0 Å². The molecule has 0 aliphatic heterocycles. The first-order valence-electron chi connectivity index (χ1n) is 5.40. The molecule has 0 heterocycles. The van der Waals surface area contributed by atoms with Gasteiger partial charge in [-0.05, 0) is 25.1 Å². The number of benzene rings is 1. The number of nitrogen functional groups attached to an aromatic ring is 1. The lowest BCUT2D eigenvalue weighted by atomic mass is 10.1. The van der Waals surface area contributed by atoms with Gasteiger partial charge in [-0.3, -0.25) is 9.59 Å². The Morgan fingerprint density at radius 3 is 2.56 bits per heavy atom. The van der Waals surface area contributed by atoms with Crippen LogP contribution in [0.4, 0.5) is 10.1 Å². The van der Waals surface area contributed by atoms with Crippen molar-refractivity contribution in [3.63, 3.8) is 0 Å². The highest BCUT2D eigenvalue weighted by Gasteiger charge is 2.19. The zero-order chi connectivity index (χ0) is 13.9. The summed E-state index contributed by atoms with van der Waals surface area (Å²) in [6.45, 7) is 1.53. The van der Waals surface area contributed by atoms with E-state index in [-0.39, 0.29) is 17.2 Å². The van der Waals surface area contributed by atoms with Gasteiger partial charge in [0.25, 0.3) is 5.91 Å². The lowest BCUT2D eigenvalue weighted by Gasteiger charge is -2.18. The third-order valence-corrected chi connectivity index (χ3v) is 2.39. The third kappa shape index (κ3) is 3.19. The lowest BCUT2D eigenvalue weighted by Crippen LogP contribution is -2.44. The minimum Gasteiger partial charge on any atom is -0.399 e. The van der Waals surface area contributed by atoms with E-state index >= 15 is 0 Å². The Hall–Kier alpha value is -2.11. The van der Waals surface area contributed by atoms with Crippen LogP contribution < -0.4 is 11.1 Å². The number of nitrogens with one attached hydrogen (secondary N) is 1. The predicted octanol–water partition coefficient (Wildman–Crippen LogP) is 0.614. The molecule has 98 valence electrons. The highest BCUT2D eigenvalue weighted by molar-refractivity contribution is 5.98. The number of halogens is 1. The molecule has 0 saturated heterocycles. The number of hydrogen-bond acceptors (Lipinski definition) is 3. The average Bonchev–Trinajstić information content (AvgIpc) is 2.30. The molecule has 0 radical (unpaired) electrons. The van der Waals surface area contributed by atoms with E-state index < -0.39 is 17.8 Å². The summed E-state index contributed by atoms with van der Waals surface area (Å²) in [5.74, 6) is -1.61. The molecular weight excluding hydrogens is 237 g/mol. The van der Waals surface area contributed by atoms with Gasteiger partial charge in [0.2, 0.25) is 5.91 Å². The molecule has 0 aromatic heterocycles. The predicted molar refractivity (Wildman–Crippen MR) is 66.4 cm³/mol. The first-order valence-corrected chi connectivity index (χ1v) is 5.40. The molecule has 18 heavy (non-hydrogen) atoms. The van der Waals surface area contributed by atoms with Crippen molar-refractivity contribution in [3.8, 4) is 0 Å². The van der Waals surface area contributed by atoms with Gasteiger partial charge in [0.05, 0.1) is 5.56 Å². The van der Waals surface area contributed by atoms with Gasteiger partial charge in [-0.2, -0.15) is 0 Å². The van der Waals surface area contributed by atoms with E-state index in [1.165, 1.54) is 24.0 Å². The molecule has 0 aliphatic rings. The zero-order valence-corrected chi connectivity index (χ0v) is 10.5. The molecule has 1 unspecified atom stereocenters. The van der Waals surface area contributed by atoms with E-state index in [1.807, 2.05) is 0 Å². The average molecular weight is 253 g/mol. The molecule has 0 bridgehead atoms. The maximum Gasteiger partial charge on any atom is 0.254 e. The first-order chi connectivity index (χ1) is 8.32. The third-order valence-electron chi connectivity index (χ3n) is 2.39. The smallest absolute Gasteiger partial charge is 0.254 e. The van der Waals surface area contributed by atoms with Crippen LogP contribution in [0.1, 0.15) is 17.3 Å². The lowest BCUT2D eigenvalue weighted by molar-refractivity contribution is -0.130. The molecule has 1 aromatic rings. The van der Waals surface area contributed by atoms with Gasteiger partial charge in [-0.15, -0.1) is 0 Å². The van der Waals surface area contributed by atoms with Gasteiger partial charge in [0.15, 0.2) is 0 Å². The SMILES string of the molecule is CC(NC(=O)c1cc(N)ccc1F)C(=O)N(C)C. The van der Waals surface area contributed by atoms with Crippen molar-refractivity contribution in [1.82, 2.24) is 10.2 Å². The summed E-state index contributed by atoms with van der Waals surface area (Å²) in [7, 11) is 3.15. The fraction of sp³-hybridized carbons (Fsp3) is 0.333. The van der Waals surface area contributed by atoms with Crippen molar-refractivity contribution in [2.45, 2.75) is 13.0 Å². The Labute approximate surface area is 105 Å². The Balaban J connectivity index is 2.83. The van der Waals surface area contributed by atoms with Gasteiger partial charge in [0, 0.05) is 19.8 Å². The highest BCUT2D eigenvalue weighted by Crippen LogP contribution is 2.12. The number of amides is 2. The van der Waals surface area contributed by atoms with Crippen LogP contribution in [0.15, 0.2) is 18.2 Å². The van der Waals surface area contributed by atoms with Gasteiger partial charge in [0.1, 0.15) is 11.9 Å². The fourth-order valence-electron chi connectivity index (χ4n) is 1.44. The van der Waals surface area contributed by atoms with Crippen LogP contribution in [-0.2, 0) is 4.79 Å². The second kappa shape index (κ2) is 5.48. The number of nitrogens with two attached hydrogens (primary N) is 1. The Morgan fingerprint density at radius 2 is 2.00 bits per heavy atom. The summed E-state index contributed by atoms with van der Waals surface area (Å²) >= 11 is 0. The van der Waals surface area contributed by atoms with Crippen molar-refractivity contribution in [3.05, 3.63) is 29.6 Å². The summed E-state index contributed by atoms with van der Waals surface area (Å²) < 4.78 is 13.4. The maximum absolute atomic E-state index is 13.4. The van der Waals surface area contributed by atoms with Crippen molar-refractivity contribution >= 4 is 17.5 Å². The Kier molecular flexibility index (Phi) is 4.25. The van der Waals surface area contributed by atoms with Gasteiger partial charge < -0.3 is 16.0 Å². The monoisotopic (exact) mass is 253 g/mol. The molecule has 3 N–H and O–H groups in total. The minimum absolute atomic E-state index is 0.173. The number of anilines is 1. The largest absolute Gasteiger partial charge is 0.399 e. The number of rotatable bonds is 3. The van der Waals surface area contributed by atoms with Crippen molar-refractivity contribution < 1.29 is 14.0 Å². The molecule has 0 aliphatic carbocycles. The molecule has 1 aromatic carbocycles. The summed E-state index contributed by atoms with van der Waals surface area (Å²) in [6.07, 6.45) is 0. The number of likely N-dealkylation sites (N-methyl/N-ethyl adjacent to an activating group) is 1. The second-order valence-electron chi connectivity index (χ2n) is 4.17. The standard InChI is InChI=1S/C12H16FN3O2/c1-7(12(18)16(2)3)15-11(17)9-6-8(14)4-5-10(9)13/h4-7H,14H2,1-3H3,(H,15,17). The molecule has 0 saturated carbocycles. The van der Waals surface area contributed by atoms with Crippen molar-refractivity contribution in [1.29, 1.82) is 0 Å². The van der Waals surface area contributed by atoms with Crippen LogP contribution in [-0.4, -0.2) is 36.9 Å². The van der Waals surface area contributed by atoms with Crippen LogP contribution in [0, 0.1) is 5.82 Å². The quantitative estimate of drug-likeness (QED) is 0.775. The van der Waals surface area contributed by atoms with Gasteiger partial charge in [-0.1, -0.05) is 0 Å². The summed E-state index contributed by atoms with van der Waals surface area (Å²) in [5, 5.41) is 2.42. The fourth-order valence-corrected chi connectivity index (χ4v) is 1.44. The van der Waals surface area contributed by atoms with E-state index in [4.69, 9.17) is 5.73 Å². The number of carbonyl (C=O) groups is 2. The van der Waals surface area contributed by atoms with E-state index in [2.05, 4.69) is 5.32 Å². The van der Waals surface area contributed by atoms with E-state index in [1.54, 1.807) is 14.1 Å². The molecule has 6 heteroatoms. The van der Waals surface area contributed by atoms with Crippen LogP contribution in [0.2, 0.25) is 0 Å². The van der Waals surface area contributed by atoms with Crippen molar-refractivity contribution in [2.75, 3.05) is 19.8 Å². The topological polar surface area (TPSA) is 75.4 Å². The van der Waals surface area contributed by atoms with E-state index in [0.29, 0.717) is 0 Å². The van der Waals surface area contributed by atoms with Gasteiger partial charge in [-0.25, -0.2) is 4.39 Å². The van der Waals surface area contributed by atoms with Crippen LogP contribution >= 0.6 is 0 Å². The van der Waals surface area contributed by atoms with Crippen LogP contribution in [0.25, 0.3) is 0 Å². The van der Waals surface area contributed by atoms with Gasteiger partial charge >= 0.3 is 0 Å². The molecule has 1 rings (SSSR count). The second-order valence-corrected chi connectivity index (χ2v) is 4.17. The summed E-state index contributed by atoms with van der Waals surface area (Å²) in [4.78, 5) is 24.7. The minimum atomic E-state index is -0.728. The number of carbonyl (C=O) groups excluding carboxylic acids is 2. The van der Waals surface area contributed by atoms with E-state index in [9.17, 15) is 14.0 Å². The highest BCUT2D eigenvalue weighted by atomic mass is 19.1. The molecule has 2 amide bonds. The Morgan fingerprint density at radius 1 is 1.39 bits per heavy atom. The molecular formula is C12H16FN3O2. The number of hydrogen-bond donors (Lipinski definition) is 2. The molecule has 5 nitrogen and oxygen atoms in total. The van der Waals surface area contributed by atoms with E-state index in [0.717, 1.165) is 6.07 Å². The molecule has 0 spiro atoms.